The highest BCUT2D eigenvalue weighted by atomic mass is 32.1. The molecule has 0 aliphatic carbocycles. The van der Waals surface area contributed by atoms with E-state index in [1.165, 1.54) is 115 Å². The molecule has 0 bridgehead atoms. The lowest BCUT2D eigenvalue weighted by Crippen LogP contribution is -2.35. The monoisotopic (exact) mass is 552 g/mol. The summed E-state index contributed by atoms with van der Waals surface area (Å²) in [6, 6.07) is 11.0. The molecule has 0 fully saturated rings. The Balaban J connectivity index is 1.46. The van der Waals surface area contributed by atoms with E-state index in [2.05, 4.69) is 58.3 Å². The van der Waals surface area contributed by atoms with Crippen molar-refractivity contribution in [3.8, 4) is 25.9 Å². The van der Waals surface area contributed by atoms with E-state index >= 15 is 0 Å². The summed E-state index contributed by atoms with van der Waals surface area (Å²) in [5.74, 6) is 1.09. The van der Waals surface area contributed by atoms with Crippen LogP contribution in [0.1, 0.15) is 109 Å². The van der Waals surface area contributed by atoms with Crippen molar-refractivity contribution >= 4 is 45.4 Å². The molecular formula is C31H40N2OS3. The summed E-state index contributed by atoms with van der Waals surface area (Å²) >= 11 is 5.05. The van der Waals surface area contributed by atoms with Gasteiger partial charge in [0.2, 0.25) is 0 Å². The molecule has 0 atom stereocenters. The predicted octanol–water partition coefficient (Wildman–Crippen LogP) is 11.2. The van der Waals surface area contributed by atoms with Gasteiger partial charge in [0.25, 0.3) is 0 Å². The van der Waals surface area contributed by atoms with Crippen LogP contribution in [-0.2, 0) is 5.60 Å². The van der Waals surface area contributed by atoms with E-state index in [1.54, 1.807) is 0 Å². The second kappa shape index (κ2) is 12.9. The van der Waals surface area contributed by atoms with E-state index in [-0.39, 0.29) is 5.60 Å². The summed E-state index contributed by atoms with van der Waals surface area (Å²) in [6.07, 6.45) is 18.0. The summed E-state index contributed by atoms with van der Waals surface area (Å²) in [4.78, 5) is 4.02. The van der Waals surface area contributed by atoms with Gasteiger partial charge in [-0.05, 0) is 49.3 Å². The van der Waals surface area contributed by atoms with Crippen molar-refractivity contribution in [2.75, 3.05) is 0 Å². The number of benzene rings is 1. The molecule has 5 rings (SSSR count). The topological polar surface area (TPSA) is 35.0 Å². The maximum absolute atomic E-state index is 7.05. The number of nitrogens with zero attached hydrogens (tertiary/aromatic N) is 2. The van der Waals surface area contributed by atoms with Gasteiger partial charge in [-0.15, -0.1) is 22.7 Å². The van der Waals surface area contributed by atoms with E-state index in [9.17, 15) is 0 Å². The van der Waals surface area contributed by atoms with Crippen LogP contribution < -0.4 is 4.74 Å². The zero-order valence-corrected chi connectivity index (χ0v) is 24.8. The summed E-state index contributed by atoms with van der Waals surface area (Å²) < 4.78 is 16.2. The Kier molecular flexibility index (Phi) is 9.33. The minimum Gasteiger partial charge on any atom is -0.481 e. The Bertz CT molecular complexity index is 1250. The van der Waals surface area contributed by atoms with Crippen molar-refractivity contribution in [1.29, 1.82) is 0 Å². The van der Waals surface area contributed by atoms with Crippen LogP contribution in [0.3, 0.4) is 0 Å². The molecule has 0 unspecified atom stereocenters. The number of hydrogen-bond acceptors (Lipinski definition) is 6. The van der Waals surface area contributed by atoms with Gasteiger partial charge in [0, 0.05) is 16.0 Å². The lowest BCUT2D eigenvalue weighted by molar-refractivity contribution is 0.0397. The van der Waals surface area contributed by atoms with Crippen LogP contribution in [0.15, 0.2) is 35.7 Å². The van der Waals surface area contributed by atoms with Gasteiger partial charge < -0.3 is 4.74 Å². The van der Waals surface area contributed by atoms with Crippen molar-refractivity contribution < 1.29 is 4.74 Å². The Morgan fingerprint density at radius 1 is 0.784 bits per heavy atom. The molecule has 0 saturated heterocycles. The van der Waals surface area contributed by atoms with Gasteiger partial charge in [-0.25, -0.2) is 0 Å². The maximum atomic E-state index is 7.05. The van der Waals surface area contributed by atoms with Crippen molar-refractivity contribution in [3.63, 3.8) is 0 Å². The number of ether oxygens (including phenoxy) is 1. The molecule has 0 amide bonds. The second-order valence-electron chi connectivity index (χ2n) is 10.5. The van der Waals surface area contributed by atoms with Gasteiger partial charge in [-0.1, -0.05) is 90.2 Å². The Morgan fingerprint density at radius 2 is 1.49 bits per heavy atom. The minimum absolute atomic E-state index is 0.220. The van der Waals surface area contributed by atoms with Gasteiger partial charge in [0.1, 0.15) is 22.4 Å². The fourth-order valence-electron chi connectivity index (χ4n) is 5.72. The fraction of sp³-hybridized carbons (Fsp3) is 0.548. The lowest BCUT2D eigenvalue weighted by Gasteiger charge is -2.38. The first-order chi connectivity index (χ1) is 18.3. The normalized spacial score (nSPS) is 14.0. The SMILES string of the molecule is CCCCCCCCC1(CCCCCCCC)Oc2ccsc2-c2sc(-c3cccc4nsnc34)cc21. The number of aromatic nitrogens is 2. The van der Waals surface area contributed by atoms with Crippen molar-refractivity contribution in [2.24, 2.45) is 0 Å². The molecule has 198 valence electrons. The summed E-state index contributed by atoms with van der Waals surface area (Å²) in [7, 11) is 0. The van der Waals surface area contributed by atoms with E-state index in [0.29, 0.717) is 0 Å². The molecule has 4 heterocycles. The van der Waals surface area contributed by atoms with Gasteiger partial charge in [-0.2, -0.15) is 8.75 Å². The molecular weight excluding hydrogens is 513 g/mol. The quantitative estimate of drug-likeness (QED) is 0.138. The third kappa shape index (κ3) is 5.97. The maximum Gasteiger partial charge on any atom is 0.140 e. The van der Waals surface area contributed by atoms with Crippen LogP contribution in [0.5, 0.6) is 5.75 Å². The summed E-state index contributed by atoms with van der Waals surface area (Å²) in [5, 5.41) is 2.20. The third-order valence-electron chi connectivity index (χ3n) is 7.78. The molecule has 1 aliphatic heterocycles. The van der Waals surface area contributed by atoms with Crippen LogP contribution in [0.25, 0.3) is 31.2 Å². The second-order valence-corrected chi connectivity index (χ2v) is 13.0. The first-order valence-corrected chi connectivity index (χ1v) is 16.8. The van der Waals surface area contributed by atoms with Crippen LogP contribution in [0, 0.1) is 0 Å². The Labute approximate surface area is 234 Å². The molecule has 4 aromatic rings. The van der Waals surface area contributed by atoms with Crippen LogP contribution in [-0.4, -0.2) is 8.75 Å². The zero-order valence-electron chi connectivity index (χ0n) is 22.4. The van der Waals surface area contributed by atoms with Crippen molar-refractivity contribution in [3.05, 3.63) is 41.3 Å². The molecule has 0 saturated carbocycles. The Morgan fingerprint density at radius 3 is 2.22 bits per heavy atom. The first kappa shape index (κ1) is 26.8. The predicted molar refractivity (Wildman–Crippen MR) is 162 cm³/mol. The van der Waals surface area contributed by atoms with Gasteiger partial charge in [-0.3, -0.25) is 0 Å². The molecule has 3 nitrogen and oxygen atoms in total. The first-order valence-electron chi connectivity index (χ1n) is 14.4. The average molecular weight is 553 g/mol. The number of hydrogen-bond donors (Lipinski definition) is 0. The molecule has 37 heavy (non-hydrogen) atoms. The summed E-state index contributed by atoms with van der Waals surface area (Å²) in [5.41, 5.74) is 4.42. The van der Waals surface area contributed by atoms with Crippen LogP contribution in [0.4, 0.5) is 0 Å². The van der Waals surface area contributed by atoms with E-state index in [4.69, 9.17) is 4.74 Å². The lowest BCUT2D eigenvalue weighted by atomic mass is 9.81. The molecule has 6 heteroatoms. The molecule has 0 radical (unpaired) electrons. The minimum atomic E-state index is -0.220. The van der Waals surface area contributed by atoms with Gasteiger partial charge >= 0.3 is 0 Å². The number of unbranched alkanes of at least 4 members (excludes halogenated alkanes) is 10. The molecule has 0 N–H and O–H groups in total. The smallest absolute Gasteiger partial charge is 0.140 e. The zero-order chi connectivity index (χ0) is 25.5. The van der Waals surface area contributed by atoms with E-state index in [1.807, 2.05) is 22.7 Å². The van der Waals surface area contributed by atoms with E-state index in [0.717, 1.165) is 29.6 Å². The van der Waals surface area contributed by atoms with Crippen LogP contribution >= 0.6 is 34.4 Å². The average Bonchev–Trinajstić information content (AvgIpc) is 3.67. The number of rotatable bonds is 15. The highest BCUT2D eigenvalue weighted by Crippen LogP contribution is 2.56. The highest BCUT2D eigenvalue weighted by Gasteiger charge is 2.42. The Hall–Kier alpha value is -1.76. The van der Waals surface area contributed by atoms with Gasteiger partial charge in [0.05, 0.1) is 21.5 Å². The fourth-order valence-corrected chi connectivity index (χ4v) is 8.53. The molecule has 3 aromatic heterocycles. The number of thiophene rings is 2. The molecule has 1 aliphatic rings. The van der Waals surface area contributed by atoms with Crippen molar-refractivity contribution in [1.82, 2.24) is 8.75 Å². The number of fused-ring (bicyclic) bond motifs is 4. The summed E-state index contributed by atoms with van der Waals surface area (Å²) in [6.45, 7) is 4.59. The molecule has 1 aromatic carbocycles. The molecule has 0 spiro atoms. The highest BCUT2D eigenvalue weighted by molar-refractivity contribution is 7.23. The van der Waals surface area contributed by atoms with E-state index < -0.39 is 0 Å². The van der Waals surface area contributed by atoms with Crippen LogP contribution in [0.2, 0.25) is 0 Å². The third-order valence-corrected chi connectivity index (χ3v) is 10.6. The largest absolute Gasteiger partial charge is 0.481 e. The van der Waals surface area contributed by atoms with Gasteiger partial charge in [0.15, 0.2) is 0 Å². The van der Waals surface area contributed by atoms with Crippen molar-refractivity contribution in [2.45, 2.75) is 109 Å². The standard InChI is InChI=1S/C31H40N2OS3/c1-3-5-7-9-11-13-19-31(20-14-12-10-8-6-4-2)24-22-27(23-16-15-17-25-28(23)33-37-32-25)36-29(24)30-26(34-31)18-21-35-30/h15-18,21-22H,3-14,19-20H2,1-2H3.